The van der Waals surface area contributed by atoms with Gasteiger partial charge in [0.05, 0.1) is 12.2 Å². The molecule has 7 heteroatoms. The predicted octanol–water partition coefficient (Wildman–Crippen LogP) is 3.50. The molecule has 100 valence electrons. The summed E-state index contributed by atoms with van der Waals surface area (Å²) in [5.74, 6) is -5.83. The Morgan fingerprint density at radius 1 is 1.28 bits per heavy atom. The number of rotatable bonds is 4. The molecule has 0 aliphatic carbocycles. The molecule has 0 spiro atoms. The van der Waals surface area contributed by atoms with E-state index in [-0.39, 0.29) is 6.61 Å². The van der Waals surface area contributed by atoms with Crippen molar-refractivity contribution in [3.8, 4) is 5.75 Å². The van der Waals surface area contributed by atoms with Gasteiger partial charge in [0.25, 0.3) is 5.78 Å². The minimum atomic E-state index is -5.22. The van der Waals surface area contributed by atoms with Gasteiger partial charge in [-0.15, -0.1) is 0 Å². The molecule has 0 heterocycles. The predicted molar refractivity (Wildman–Crippen MR) is 52.5 cm³/mol. The number of carbonyl (C=O) groups excluding carboxylic acids is 1. The lowest BCUT2D eigenvalue weighted by atomic mass is 10.1. The molecule has 0 aliphatic rings. The van der Waals surface area contributed by atoms with E-state index in [0.29, 0.717) is 18.6 Å². The molecule has 0 bridgehead atoms. The standard InChI is InChI=1S/C11H9F5O2/c1-2-3-18-9-7(10(17)11(14,15)16)4-6(12)5-8(9)13/h4-5H,2-3H2,1H3. The molecular formula is C11H9F5O2. The molecule has 0 unspecified atom stereocenters. The lowest BCUT2D eigenvalue weighted by Crippen LogP contribution is -2.24. The summed E-state index contributed by atoms with van der Waals surface area (Å²) in [7, 11) is 0. The average molecular weight is 268 g/mol. The van der Waals surface area contributed by atoms with E-state index in [1.165, 1.54) is 0 Å². The Kier molecular flexibility index (Phi) is 4.26. The van der Waals surface area contributed by atoms with Crippen LogP contribution in [0, 0.1) is 11.6 Å². The summed E-state index contributed by atoms with van der Waals surface area (Å²) in [5, 5.41) is 0. The molecule has 1 aromatic carbocycles. The third-order valence-corrected chi connectivity index (χ3v) is 1.96. The summed E-state index contributed by atoms with van der Waals surface area (Å²) in [5.41, 5.74) is -1.16. The van der Waals surface area contributed by atoms with Crippen molar-refractivity contribution in [1.82, 2.24) is 0 Å². The Labute approximate surface area is 99.4 Å². The van der Waals surface area contributed by atoms with Crippen LogP contribution in [0.4, 0.5) is 22.0 Å². The lowest BCUT2D eigenvalue weighted by molar-refractivity contribution is -0.0887. The van der Waals surface area contributed by atoms with Crippen molar-refractivity contribution in [3.05, 3.63) is 29.3 Å². The number of ether oxygens (including phenoxy) is 1. The van der Waals surface area contributed by atoms with Gasteiger partial charge in [0.15, 0.2) is 11.6 Å². The van der Waals surface area contributed by atoms with Crippen LogP contribution in [0.1, 0.15) is 23.7 Å². The molecule has 2 nitrogen and oxygen atoms in total. The zero-order valence-corrected chi connectivity index (χ0v) is 9.28. The van der Waals surface area contributed by atoms with E-state index in [1.54, 1.807) is 6.92 Å². The zero-order chi connectivity index (χ0) is 13.9. The van der Waals surface area contributed by atoms with Gasteiger partial charge in [-0.1, -0.05) is 6.92 Å². The van der Waals surface area contributed by atoms with Crippen LogP contribution >= 0.6 is 0 Å². The maximum absolute atomic E-state index is 13.3. The molecule has 0 amide bonds. The van der Waals surface area contributed by atoms with E-state index in [2.05, 4.69) is 0 Å². The number of alkyl halides is 3. The van der Waals surface area contributed by atoms with Gasteiger partial charge in [0.2, 0.25) is 0 Å². The highest BCUT2D eigenvalue weighted by Crippen LogP contribution is 2.30. The van der Waals surface area contributed by atoms with Gasteiger partial charge in [-0.2, -0.15) is 13.2 Å². The first-order chi connectivity index (χ1) is 8.27. The van der Waals surface area contributed by atoms with Gasteiger partial charge in [0.1, 0.15) is 5.82 Å². The molecule has 0 atom stereocenters. The number of ketones is 1. The summed E-state index contributed by atoms with van der Waals surface area (Å²) in [6.45, 7) is 1.56. The Balaban J connectivity index is 3.27. The fraction of sp³-hybridized carbons (Fsp3) is 0.364. The molecule has 0 fully saturated rings. The summed E-state index contributed by atoms with van der Waals surface area (Å²) in [4.78, 5) is 11.0. The van der Waals surface area contributed by atoms with Crippen molar-refractivity contribution in [2.75, 3.05) is 6.61 Å². The Morgan fingerprint density at radius 3 is 2.39 bits per heavy atom. The second-order valence-electron chi connectivity index (χ2n) is 3.44. The Hall–Kier alpha value is -1.66. The molecule has 0 saturated carbocycles. The average Bonchev–Trinajstić information content (AvgIpc) is 2.24. The number of carbonyl (C=O) groups is 1. The van der Waals surface area contributed by atoms with Crippen LogP contribution in [0.25, 0.3) is 0 Å². The SMILES string of the molecule is CCCOc1c(F)cc(F)cc1C(=O)C(F)(F)F. The van der Waals surface area contributed by atoms with E-state index in [0.717, 1.165) is 0 Å². The van der Waals surface area contributed by atoms with Crippen LogP contribution in [0.5, 0.6) is 5.75 Å². The van der Waals surface area contributed by atoms with Crippen molar-refractivity contribution < 1.29 is 31.5 Å². The van der Waals surface area contributed by atoms with Gasteiger partial charge in [-0.05, 0) is 12.5 Å². The number of Topliss-reactive ketones (excluding diaryl/α,β-unsaturated/α-hetero) is 1. The molecule has 1 aromatic rings. The normalized spacial score (nSPS) is 11.4. The van der Waals surface area contributed by atoms with E-state index in [4.69, 9.17) is 4.74 Å². The third-order valence-electron chi connectivity index (χ3n) is 1.96. The Morgan fingerprint density at radius 2 is 1.89 bits per heavy atom. The third kappa shape index (κ3) is 3.18. The second kappa shape index (κ2) is 5.32. The topological polar surface area (TPSA) is 26.3 Å². The fourth-order valence-corrected chi connectivity index (χ4v) is 1.23. The minimum Gasteiger partial charge on any atom is -0.490 e. The molecule has 0 N–H and O–H groups in total. The number of benzene rings is 1. The smallest absolute Gasteiger partial charge is 0.455 e. The van der Waals surface area contributed by atoms with Gasteiger partial charge in [0, 0.05) is 6.07 Å². The van der Waals surface area contributed by atoms with Gasteiger partial charge in [-0.3, -0.25) is 4.79 Å². The number of hydrogen-bond donors (Lipinski definition) is 0. The summed E-state index contributed by atoms with van der Waals surface area (Å²) in [6.07, 6.45) is -4.82. The van der Waals surface area contributed by atoms with Crippen LogP contribution in [0.3, 0.4) is 0 Å². The van der Waals surface area contributed by atoms with Crippen molar-refractivity contribution in [2.24, 2.45) is 0 Å². The maximum atomic E-state index is 13.3. The zero-order valence-electron chi connectivity index (χ0n) is 9.28. The summed E-state index contributed by atoms with van der Waals surface area (Å²) < 4.78 is 67.6. The maximum Gasteiger partial charge on any atom is 0.455 e. The monoisotopic (exact) mass is 268 g/mol. The van der Waals surface area contributed by atoms with Crippen LogP contribution in [0.2, 0.25) is 0 Å². The highest BCUT2D eigenvalue weighted by Gasteiger charge is 2.41. The first-order valence-corrected chi connectivity index (χ1v) is 5.00. The molecule has 0 aromatic heterocycles. The molecule has 0 radical (unpaired) electrons. The van der Waals surface area contributed by atoms with E-state index < -0.39 is 34.9 Å². The molecule has 18 heavy (non-hydrogen) atoms. The van der Waals surface area contributed by atoms with Crippen LogP contribution in [-0.2, 0) is 0 Å². The fourth-order valence-electron chi connectivity index (χ4n) is 1.23. The lowest BCUT2D eigenvalue weighted by Gasteiger charge is -2.12. The van der Waals surface area contributed by atoms with E-state index in [9.17, 15) is 26.7 Å². The number of halogens is 5. The number of hydrogen-bond acceptors (Lipinski definition) is 2. The highest BCUT2D eigenvalue weighted by molar-refractivity contribution is 6.02. The largest absolute Gasteiger partial charge is 0.490 e. The van der Waals surface area contributed by atoms with Gasteiger partial charge >= 0.3 is 6.18 Å². The molecular weight excluding hydrogens is 259 g/mol. The second-order valence-corrected chi connectivity index (χ2v) is 3.44. The van der Waals surface area contributed by atoms with Crippen LogP contribution in [-0.4, -0.2) is 18.6 Å². The molecule has 1 rings (SSSR count). The Bertz CT molecular complexity index is 453. The first-order valence-electron chi connectivity index (χ1n) is 5.00. The van der Waals surface area contributed by atoms with Crippen molar-refractivity contribution in [2.45, 2.75) is 19.5 Å². The summed E-state index contributed by atoms with van der Waals surface area (Å²) in [6, 6.07) is 0.669. The highest BCUT2D eigenvalue weighted by atomic mass is 19.4. The van der Waals surface area contributed by atoms with Crippen LogP contribution < -0.4 is 4.74 Å². The van der Waals surface area contributed by atoms with Gasteiger partial charge < -0.3 is 4.74 Å². The molecule has 0 saturated heterocycles. The van der Waals surface area contributed by atoms with E-state index >= 15 is 0 Å². The minimum absolute atomic E-state index is 0.0826. The van der Waals surface area contributed by atoms with Gasteiger partial charge in [-0.25, -0.2) is 8.78 Å². The summed E-state index contributed by atoms with van der Waals surface area (Å²) >= 11 is 0. The van der Waals surface area contributed by atoms with Crippen LogP contribution in [0.15, 0.2) is 12.1 Å². The van der Waals surface area contributed by atoms with Crippen molar-refractivity contribution in [3.63, 3.8) is 0 Å². The van der Waals surface area contributed by atoms with E-state index in [1.807, 2.05) is 0 Å². The van der Waals surface area contributed by atoms with Crippen molar-refractivity contribution in [1.29, 1.82) is 0 Å². The molecule has 0 aliphatic heterocycles. The quantitative estimate of drug-likeness (QED) is 0.617. The van der Waals surface area contributed by atoms with Crippen molar-refractivity contribution >= 4 is 5.78 Å². The first kappa shape index (κ1) is 14.4.